The van der Waals surface area contributed by atoms with Gasteiger partial charge in [-0.3, -0.25) is 4.90 Å². The maximum absolute atomic E-state index is 5.74. The van der Waals surface area contributed by atoms with E-state index in [0.29, 0.717) is 6.04 Å². The van der Waals surface area contributed by atoms with Gasteiger partial charge in [-0.1, -0.05) is 15.9 Å². The Kier molecular flexibility index (Phi) is 4.64. The van der Waals surface area contributed by atoms with E-state index in [2.05, 4.69) is 33.1 Å². The van der Waals surface area contributed by atoms with E-state index in [9.17, 15) is 0 Å². The first kappa shape index (κ1) is 14.4. The molecule has 2 fully saturated rings. The van der Waals surface area contributed by atoms with Crippen molar-refractivity contribution in [2.45, 2.75) is 44.3 Å². The van der Waals surface area contributed by atoms with Crippen LogP contribution in [0.5, 0.6) is 5.75 Å². The zero-order chi connectivity index (χ0) is 13.9. The highest BCUT2D eigenvalue weighted by Crippen LogP contribution is 2.33. The molecule has 0 unspecified atom stereocenters. The summed E-state index contributed by atoms with van der Waals surface area (Å²) in [5.41, 5.74) is 0. The van der Waals surface area contributed by atoms with Crippen molar-refractivity contribution < 1.29 is 4.74 Å². The van der Waals surface area contributed by atoms with Crippen LogP contribution in [-0.4, -0.2) is 42.7 Å². The van der Waals surface area contributed by atoms with Crippen molar-refractivity contribution in [3.8, 4) is 5.75 Å². The number of likely N-dealkylation sites (tertiary alicyclic amines) is 1. The van der Waals surface area contributed by atoms with Crippen LogP contribution in [0.25, 0.3) is 0 Å². The molecule has 0 aromatic heterocycles. The largest absolute Gasteiger partial charge is 0.492 e. The van der Waals surface area contributed by atoms with Crippen molar-refractivity contribution in [3.63, 3.8) is 0 Å². The van der Waals surface area contributed by atoms with Gasteiger partial charge in [0.1, 0.15) is 12.4 Å². The van der Waals surface area contributed by atoms with Crippen molar-refractivity contribution >= 4 is 15.9 Å². The van der Waals surface area contributed by atoms with Crippen molar-refractivity contribution in [1.29, 1.82) is 0 Å². The van der Waals surface area contributed by atoms with Crippen LogP contribution < -0.4 is 10.1 Å². The molecule has 110 valence electrons. The average molecular weight is 339 g/mol. The predicted molar refractivity (Wildman–Crippen MR) is 85.2 cm³/mol. The second-order valence-electron chi connectivity index (χ2n) is 5.97. The lowest BCUT2D eigenvalue weighted by Crippen LogP contribution is -2.36. The van der Waals surface area contributed by atoms with Crippen LogP contribution in [0.3, 0.4) is 0 Å². The Morgan fingerprint density at radius 3 is 2.75 bits per heavy atom. The highest BCUT2D eigenvalue weighted by atomic mass is 79.9. The van der Waals surface area contributed by atoms with Gasteiger partial charge in [0.2, 0.25) is 0 Å². The predicted octanol–water partition coefficient (Wildman–Crippen LogP) is 3.04. The monoisotopic (exact) mass is 338 g/mol. The second kappa shape index (κ2) is 6.46. The summed E-state index contributed by atoms with van der Waals surface area (Å²) >= 11 is 3.43. The molecule has 0 amide bonds. The van der Waals surface area contributed by atoms with Crippen molar-refractivity contribution in [1.82, 2.24) is 10.2 Å². The van der Waals surface area contributed by atoms with Gasteiger partial charge in [0.15, 0.2) is 0 Å². The van der Waals surface area contributed by atoms with Gasteiger partial charge in [-0.2, -0.15) is 0 Å². The minimum atomic E-state index is 0.638. The summed E-state index contributed by atoms with van der Waals surface area (Å²) in [7, 11) is 0. The first-order valence-electron chi connectivity index (χ1n) is 7.60. The quantitative estimate of drug-likeness (QED) is 0.807. The first-order valence-corrected chi connectivity index (χ1v) is 8.39. The third-order valence-electron chi connectivity index (χ3n) is 4.26. The van der Waals surface area contributed by atoms with Crippen LogP contribution in [0.4, 0.5) is 0 Å². The highest BCUT2D eigenvalue weighted by Gasteiger charge is 2.38. The van der Waals surface area contributed by atoms with Crippen molar-refractivity contribution in [3.05, 3.63) is 28.7 Å². The Hall–Kier alpha value is -0.580. The lowest BCUT2D eigenvalue weighted by atomic mass is 10.2. The molecule has 4 heteroatoms. The Morgan fingerprint density at radius 1 is 1.30 bits per heavy atom. The van der Waals surface area contributed by atoms with Gasteiger partial charge in [0, 0.05) is 35.7 Å². The van der Waals surface area contributed by atoms with Gasteiger partial charge in [-0.15, -0.1) is 0 Å². The first-order chi connectivity index (χ1) is 9.72. The smallest absolute Gasteiger partial charge is 0.119 e. The lowest BCUT2D eigenvalue weighted by Gasteiger charge is -2.19. The SMILES string of the molecule is C[C@H]1C[C@@H](NCCOc2ccc(Br)cc2)CN1C1CC1. The molecule has 2 aliphatic rings. The molecule has 1 aliphatic heterocycles. The normalized spacial score (nSPS) is 26.9. The number of hydrogen-bond acceptors (Lipinski definition) is 3. The van der Waals surface area contributed by atoms with E-state index in [1.807, 2.05) is 24.3 Å². The number of halogens is 1. The number of hydrogen-bond donors (Lipinski definition) is 1. The summed E-state index contributed by atoms with van der Waals surface area (Å²) in [6, 6.07) is 10.3. The molecule has 0 radical (unpaired) electrons. The second-order valence-corrected chi connectivity index (χ2v) is 6.88. The molecule has 1 aromatic carbocycles. The minimum absolute atomic E-state index is 0.638. The van der Waals surface area contributed by atoms with E-state index < -0.39 is 0 Å². The van der Waals surface area contributed by atoms with Gasteiger partial charge in [0.25, 0.3) is 0 Å². The molecule has 2 atom stereocenters. The molecular weight excluding hydrogens is 316 g/mol. The summed E-state index contributed by atoms with van der Waals surface area (Å²) < 4.78 is 6.82. The van der Waals surface area contributed by atoms with Gasteiger partial charge in [0.05, 0.1) is 0 Å². The van der Waals surface area contributed by atoms with E-state index in [1.54, 1.807) is 0 Å². The van der Waals surface area contributed by atoms with Crippen LogP contribution in [0, 0.1) is 0 Å². The van der Waals surface area contributed by atoms with E-state index in [0.717, 1.165) is 35.5 Å². The fourth-order valence-corrected chi connectivity index (χ4v) is 3.35. The Labute approximate surface area is 129 Å². The molecule has 0 bridgehead atoms. The zero-order valence-corrected chi connectivity index (χ0v) is 13.6. The topological polar surface area (TPSA) is 24.5 Å². The summed E-state index contributed by atoms with van der Waals surface area (Å²) in [4.78, 5) is 2.67. The average Bonchev–Trinajstić information content (AvgIpc) is 3.21. The maximum atomic E-state index is 5.74. The molecule has 1 N–H and O–H groups in total. The van der Waals surface area contributed by atoms with Gasteiger partial charge in [-0.25, -0.2) is 0 Å². The standard InChI is InChI=1S/C16H23BrN2O/c1-12-10-14(11-19(12)15-4-5-15)18-8-9-20-16-6-2-13(17)3-7-16/h2-3,6-7,12,14-15,18H,4-5,8-11H2,1H3/t12-,14+/m0/s1. The molecule has 1 saturated heterocycles. The van der Waals surface area contributed by atoms with Crippen LogP contribution >= 0.6 is 15.9 Å². The molecule has 3 rings (SSSR count). The summed E-state index contributed by atoms with van der Waals surface area (Å²) in [6.45, 7) is 5.23. The third kappa shape index (κ3) is 3.74. The van der Waals surface area contributed by atoms with Gasteiger partial charge >= 0.3 is 0 Å². The lowest BCUT2D eigenvalue weighted by molar-refractivity contribution is 0.253. The molecule has 0 spiro atoms. The Balaban J connectivity index is 1.35. The van der Waals surface area contributed by atoms with Crippen molar-refractivity contribution in [2.75, 3.05) is 19.7 Å². The minimum Gasteiger partial charge on any atom is -0.492 e. The number of nitrogens with zero attached hydrogens (tertiary/aromatic N) is 1. The fraction of sp³-hybridized carbons (Fsp3) is 0.625. The van der Waals surface area contributed by atoms with Gasteiger partial charge in [-0.05, 0) is 50.5 Å². The molecule has 20 heavy (non-hydrogen) atoms. The van der Waals surface area contributed by atoms with Crippen LogP contribution in [0.15, 0.2) is 28.7 Å². The maximum Gasteiger partial charge on any atom is 0.119 e. The molecule has 1 aromatic rings. The molecular formula is C16H23BrN2O. The third-order valence-corrected chi connectivity index (χ3v) is 4.78. The summed E-state index contributed by atoms with van der Waals surface area (Å²) in [6.07, 6.45) is 4.09. The molecule has 1 saturated carbocycles. The molecule has 1 aliphatic carbocycles. The van der Waals surface area contributed by atoms with Crippen LogP contribution in [-0.2, 0) is 0 Å². The van der Waals surface area contributed by atoms with E-state index in [4.69, 9.17) is 4.74 Å². The molecule has 1 heterocycles. The van der Waals surface area contributed by atoms with Gasteiger partial charge < -0.3 is 10.1 Å². The number of benzene rings is 1. The molecule has 3 nitrogen and oxygen atoms in total. The fourth-order valence-electron chi connectivity index (χ4n) is 3.08. The zero-order valence-electron chi connectivity index (χ0n) is 12.0. The highest BCUT2D eigenvalue weighted by molar-refractivity contribution is 9.10. The van der Waals surface area contributed by atoms with Crippen LogP contribution in [0.1, 0.15) is 26.2 Å². The summed E-state index contributed by atoms with van der Waals surface area (Å²) in [5, 5.41) is 3.63. The van der Waals surface area contributed by atoms with E-state index in [-0.39, 0.29) is 0 Å². The number of rotatable bonds is 6. The Bertz CT molecular complexity index is 433. The number of nitrogens with one attached hydrogen (secondary N) is 1. The van der Waals surface area contributed by atoms with E-state index >= 15 is 0 Å². The van der Waals surface area contributed by atoms with Crippen LogP contribution in [0.2, 0.25) is 0 Å². The van der Waals surface area contributed by atoms with Crippen molar-refractivity contribution in [2.24, 2.45) is 0 Å². The van der Waals surface area contributed by atoms with E-state index in [1.165, 1.54) is 25.8 Å². The summed E-state index contributed by atoms with van der Waals surface area (Å²) in [5.74, 6) is 0.939. The number of ether oxygens (including phenoxy) is 1. The Morgan fingerprint density at radius 2 is 2.05 bits per heavy atom.